The third-order valence-corrected chi connectivity index (χ3v) is 2.83. The van der Waals surface area contributed by atoms with E-state index in [1.54, 1.807) is 0 Å². The maximum atomic E-state index is 13.4. The summed E-state index contributed by atoms with van der Waals surface area (Å²) in [4.78, 5) is 10.1. The van der Waals surface area contributed by atoms with E-state index in [0.29, 0.717) is 6.54 Å². The minimum absolute atomic E-state index is 0.222. The molecule has 0 aliphatic carbocycles. The second kappa shape index (κ2) is 5.59. The van der Waals surface area contributed by atoms with E-state index in [-0.39, 0.29) is 5.69 Å². The third kappa shape index (κ3) is 2.84. The monoisotopic (exact) mass is 251 g/mol. The number of nitrogens with one attached hydrogen (secondary N) is 2. The van der Waals surface area contributed by atoms with Crippen LogP contribution in [-0.2, 0) is 0 Å². The lowest BCUT2D eigenvalue weighted by Gasteiger charge is -2.15. The van der Waals surface area contributed by atoms with Gasteiger partial charge in [0.2, 0.25) is 5.82 Å². The highest BCUT2D eigenvalue weighted by Crippen LogP contribution is 2.27. The van der Waals surface area contributed by atoms with Gasteiger partial charge in [-0.1, -0.05) is 17.7 Å². The molecule has 0 aromatic heterocycles. The van der Waals surface area contributed by atoms with Gasteiger partial charge in [0, 0.05) is 13.1 Å². The summed E-state index contributed by atoms with van der Waals surface area (Å²) in [7, 11) is 0. The second-order valence-electron chi connectivity index (χ2n) is 4.06. The Morgan fingerprint density at radius 3 is 3.00 bits per heavy atom. The van der Waals surface area contributed by atoms with Gasteiger partial charge in [-0.3, -0.25) is 10.1 Å². The number of nitro groups is 1. The molecular weight excluding hydrogens is 237 g/mol. The molecular formula is C12H14FN3O2. The van der Waals surface area contributed by atoms with Crippen molar-refractivity contribution in [3.8, 4) is 0 Å². The van der Waals surface area contributed by atoms with Crippen LogP contribution in [0.5, 0.6) is 0 Å². The van der Waals surface area contributed by atoms with Crippen LogP contribution in [0.2, 0.25) is 0 Å². The molecule has 18 heavy (non-hydrogen) atoms. The Kier molecular flexibility index (Phi) is 3.88. The topological polar surface area (TPSA) is 67.2 Å². The first-order valence-electron chi connectivity index (χ1n) is 5.74. The van der Waals surface area contributed by atoms with E-state index in [2.05, 4.69) is 10.6 Å². The zero-order chi connectivity index (χ0) is 13.0. The quantitative estimate of drug-likeness (QED) is 0.488. The molecule has 5 nitrogen and oxygen atoms in total. The van der Waals surface area contributed by atoms with E-state index in [1.807, 2.05) is 6.08 Å². The number of hydrogen-bond donors (Lipinski definition) is 2. The molecule has 1 heterocycles. The van der Waals surface area contributed by atoms with Crippen LogP contribution in [0.1, 0.15) is 6.42 Å². The summed E-state index contributed by atoms with van der Waals surface area (Å²) < 4.78 is 13.4. The lowest BCUT2D eigenvalue weighted by Crippen LogP contribution is -2.23. The number of nitro benzene ring substituents is 1. The number of nitrogens with zero attached hydrogens (tertiary/aromatic N) is 1. The number of para-hydroxylation sites is 1. The summed E-state index contributed by atoms with van der Waals surface area (Å²) in [6.07, 6.45) is 2.94. The lowest BCUT2D eigenvalue weighted by atomic mass is 10.1. The predicted molar refractivity (Wildman–Crippen MR) is 67.1 cm³/mol. The molecule has 1 aliphatic rings. The Balaban J connectivity index is 2.11. The van der Waals surface area contributed by atoms with Crippen LogP contribution in [0.3, 0.4) is 0 Å². The number of benzene rings is 1. The molecule has 0 bridgehead atoms. The van der Waals surface area contributed by atoms with Crippen molar-refractivity contribution in [2.24, 2.45) is 0 Å². The number of anilines is 1. The Labute approximate surface area is 104 Å². The van der Waals surface area contributed by atoms with E-state index in [9.17, 15) is 14.5 Å². The Morgan fingerprint density at radius 1 is 1.50 bits per heavy atom. The summed E-state index contributed by atoms with van der Waals surface area (Å²) in [6.45, 7) is 2.22. The van der Waals surface area contributed by atoms with E-state index in [4.69, 9.17) is 0 Å². The van der Waals surface area contributed by atoms with Gasteiger partial charge in [0.05, 0.1) is 4.92 Å². The van der Waals surface area contributed by atoms with Crippen molar-refractivity contribution >= 4 is 11.4 Å². The van der Waals surface area contributed by atoms with E-state index in [1.165, 1.54) is 17.7 Å². The van der Waals surface area contributed by atoms with E-state index >= 15 is 0 Å². The Morgan fingerprint density at radius 2 is 2.33 bits per heavy atom. The van der Waals surface area contributed by atoms with Crippen molar-refractivity contribution in [3.63, 3.8) is 0 Å². The zero-order valence-corrected chi connectivity index (χ0v) is 9.78. The van der Waals surface area contributed by atoms with Crippen LogP contribution in [0.15, 0.2) is 29.8 Å². The number of halogens is 1. The van der Waals surface area contributed by atoms with Gasteiger partial charge >= 0.3 is 5.69 Å². The summed E-state index contributed by atoms with van der Waals surface area (Å²) >= 11 is 0. The van der Waals surface area contributed by atoms with E-state index < -0.39 is 16.4 Å². The van der Waals surface area contributed by atoms with Crippen LogP contribution in [0.4, 0.5) is 15.8 Å². The molecule has 0 radical (unpaired) electrons. The number of hydrogen-bond acceptors (Lipinski definition) is 4. The molecule has 0 saturated carbocycles. The van der Waals surface area contributed by atoms with Crippen molar-refractivity contribution in [2.75, 3.05) is 25.0 Å². The van der Waals surface area contributed by atoms with Gasteiger partial charge in [-0.2, -0.15) is 4.39 Å². The zero-order valence-electron chi connectivity index (χ0n) is 9.78. The minimum atomic E-state index is -0.815. The molecule has 96 valence electrons. The molecule has 0 spiro atoms. The maximum absolute atomic E-state index is 13.4. The van der Waals surface area contributed by atoms with Gasteiger partial charge < -0.3 is 10.6 Å². The van der Waals surface area contributed by atoms with Crippen molar-refractivity contribution in [1.29, 1.82) is 0 Å². The molecule has 0 atom stereocenters. The minimum Gasteiger partial charge on any atom is -0.376 e. The molecule has 2 N–H and O–H groups in total. The molecule has 1 aromatic rings. The van der Waals surface area contributed by atoms with Gasteiger partial charge in [-0.05, 0) is 25.1 Å². The smallest absolute Gasteiger partial charge is 0.327 e. The first-order valence-corrected chi connectivity index (χ1v) is 5.74. The van der Waals surface area contributed by atoms with Crippen LogP contribution in [0.25, 0.3) is 0 Å². The molecule has 6 heteroatoms. The van der Waals surface area contributed by atoms with Crippen LogP contribution >= 0.6 is 0 Å². The summed E-state index contributed by atoms with van der Waals surface area (Å²) in [5.74, 6) is -0.815. The fourth-order valence-electron chi connectivity index (χ4n) is 1.88. The standard InChI is InChI=1S/C12H14FN3O2/c13-10-2-1-3-11(12(10)16(17)18)15-8-9-4-6-14-7-5-9/h1-4,14-15H,5-8H2. The Bertz CT molecular complexity index is 488. The van der Waals surface area contributed by atoms with Crippen molar-refractivity contribution in [2.45, 2.75) is 6.42 Å². The van der Waals surface area contributed by atoms with Crippen LogP contribution in [-0.4, -0.2) is 24.6 Å². The maximum Gasteiger partial charge on any atom is 0.327 e. The first kappa shape index (κ1) is 12.5. The van der Waals surface area contributed by atoms with E-state index in [0.717, 1.165) is 25.6 Å². The summed E-state index contributed by atoms with van der Waals surface area (Å²) in [6, 6.07) is 4.07. The first-order chi connectivity index (χ1) is 8.68. The fraction of sp³-hybridized carbons (Fsp3) is 0.333. The predicted octanol–water partition coefficient (Wildman–Crippen LogP) is 2.07. The molecule has 0 unspecified atom stereocenters. The van der Waals surface area contributed by atoms with Crippen molar-refractivity contribution < 1.29 is 9.31 Å². The van der Waals surface area contributed by atoms with Gasteiger partial charge in [-0.25, -0.2) is 0 Å². The van der Waals surface area contributed by atoms with Gasteiger partial charge in [-0.15, -0.1) is 0 Å². The molecule has 0 amide bonds. The summed E-state index contributed by atoms with van der Waals surface area (Å²) in [5.41, 5.74) is 0.902. The van der Waals surface area contributed by atoms with Gasteiger partial charge in [0.15, 0.2) is 0 Å². The molecule has 2 rings (SSSR count). The highest BCUT2D eigenvalue weighted by molar-refractivity contribution is 5.62. The average Bonchev–Trinajstić information content (AvgIpc) is 2.37. The highest BCUT2D eigenvalue weighted by atomic mass is 19.1. The average molecular weight is 251 g/mol. The normalized spacial score (nSPS) is 15.1. The number of rotatable bonds is 4. The van der Waals surface area contributed by atoms with Crippen LogP contribution < -0.4 is 10.6 Å². The summed E-state index contributed by atoms with van der Waals surface area (Å²) in [5, 5.41) is 16.9. The fourth-order valence-corrected chi connectivity index (χ4v) is 1.88. The Hall–Kier alpha value is -1.95. The third-order valence-electron chi connectivity index (χ3n) is 2.83. The van der Waals surface area contributed by atoms with Gasteiger partial charge in [0.1, 0.15) is 5.69 Å². The molecule has 0 saturated heterocycles. The largest absolute Gasteiger partial charge is 0.376 e. The van der Waals surface area contributed by atoms with Gasteiger partial charge in [0.25, 0.3) is 0 Å². The van der Waals surface area contributed by atoms with Crippen molar-refractivity contribution in [3.05, 3.63) is 45.8 Å². The molecule has 0 fully saturated rings. The second-order valence-corrected chi connectivity index (χ2v) is 4.06. The molecule has 1 aliphatic heterocycles. The lowest BCUT2D eigenvalue weighted by molar-refractivity contribution is -0.386. The highest BCUT2D eigenvalue weighted by Gasteiger charge is 2.19. The van der Waals surface area contributed by atoms with Crippen LogP contribution in [0, 0.1) is 15.9 Å². The molecule has 1 aromatic carbocycles. The van der Waals surface area contributed by atoms with Crippen molar-refractivity contribution in [1.82, 2.24) is 5.32 Å². The SMILES string of the molecule is O=[N+]([O-])c1c(F)cccc1NCC1=CCNCC1.